The molecule has 2 aliphatic rings. The van der Waals surface area contributed by atoms with Gasteiger partial charge in [-0.3, -0.25) is 0 Å². The van der Waals surface area contributed by atoms with Crippen LogP contribution < -0.4 is 28.4 Å². The molecular weight excluding hydrogens is 652 g/mol. The predicted octanol–water partition coefficient (Wildman–Crippen LogP) is 3.98. The molecule has 3 aromatic rings. The van der Waals surface area contributed by atoms with E-state index >= 15 is 0 Å². The number of benzene rings is 3. The molecule has 0 fully saturated rings. The van der Waals surface area contributed by atoms with E-state index in [0.717, 1.165) is 11.1 Å². The average molecular weight is 701 g/mol. The van der Waals surface area contributed by atoms with Crippen molar-refractivity contribution in [2.24, 2.45) is 0 Å². The van der Waals surface area contributed by atoms with Crippen molar-refractivity contribution in [2.45, 2.75) is 19.8 Å². The fourth-order valence-corrected chi connectivity index (χ4v) is 5.01. The summed E-state index contributed by atoms with van der Waals surface area (Å²) in [5, 5.41) is 10.4. The van der Waals surface area contributed by atoms with Crippen molar-refractivity contribution in [3.63, 3.8) is 0 Å². The summed E-state index contributed by atoms with van der Waals surface area (Å²) in [6.45, 7) is 6.51. The van der Waals surface area contributed by atoms with E-state index in [-0.39, 0.29) is 19.8 Å². The van der Waals surface area contributed by atoms with Crippen molar-refractivity contribution < 1.29 is 61.9 Å². The Kier molecular flexibility index (Phi) is 16.5. The lowest BCUT2D eigenvalue weighted by Gasteiger charge is -2.17. The zero-order valence-corrected chi connectivity index (χ0v) is 28.5. The highest BCUT2D eigenvalue weighted by Gasteiger charge is 2.13. The molecular formula is C37H48O13. The zero-order valence-electron chi connectivity index (χ0n) is 28.5. The lowest BCUT2D eigenvalue weighted by molar-refractivity contribution is 0.00432. The van der Waals surface area contributed by atoms with Crippen LogP contribution in [0.25, 0.3) is 0 Å². The van der Waals surface area contributed by atoms with Crippen LogP contribution in [0.4, 0.5) is 0 Å². The first-order chi connectivity index (χ1) is 24.8. The summed E-state index contributed by atoms with van der Waals surface area (Å²) >= 11 is 0. The highest BCUT2D eigenvalue weighted by molar-refractivity contribution is 5.45. The van der Waals surface area contributed by atoms with E-state index in [9.17, 15) is 5.11 Å². The topological polar surface area (TPSA) is 131 Å². The Balaban J connectivity index is 1.38. The van der Waals surface area contributed by atoms with Crippen LogP contribution in [0.15, 0.2) is 54.6 Å². The molecule has 2 heterocycles. The van der Waals surface area contributed by atoms with Crippen molar-refractivity contribution in [1.82, 2.24) is 0 Å². The van der Waals surface area contributed by atoms with Gasteiger partial charge in [0.15, 0.2) is 0 Å². The van der Waals surface area contributed by atoms with Gasteiger partial charge < -0.3 is 61.9 Å². The zero-order chi connectivity index (χ0) is 34.5. The highest BCUT2D eigenvalue weighted by atomic mass is 16.6. The van der Waals surface area contributed by atoms with E-state index in [0.29, 0.717) is 146 Å². The summed E-state index contributed by atoms with van der Waals surface area (Å²) in [4.78, 5) is 0. The lowest BCUT2D eigenvalue weighted by Crippen LogP contribution is -2.15. The number of ether oxygens (including phenoxy) is 12. The molecule has 5 rings (SSSR count). The number of fused-ring (bicyclic) bond motifs is 6. The largest absolute Gasteiger partial charge is 0.491 e. The quantitative estimate of drug-likeness (QED) is 0.393. The van der Waals surface area contributed by atoms with E-state index in [1.54, 1.807) is 12.1 Å². The summed E-state index contributed by atoms with van der Waals surface area (Å²) in [6, 6.07) is 16.6. The number of rotatable bonds is 1. The molecule has 8 bridgehead atoms. The van der Waals surface area contributed by atoms with Gasteiger partial charge in [-0.15, -0.1) is 0 Å². The van der Waals surface area contributed by atoms with Gasteiger partial charge in [0.2, 0.25) is 0 Å². The minimum atomic E-state index is -0.281. The Morgan fingerprint density at radius 1 is 0.380 bits per heavy atom. The molecule has 0 aromatic heterocycles. The molecule has 1 N–H and O–H groups in total. The molecule has 274 valence electrons. The SMILES string of the molecule is OCc1c2cccc1OCc1cc3cc(c1)OCCOCCOCCOCCOc1cc(cc(c1)OCCOCCOCCOCCO3)CO2. The third-order valence-corrected chi connectivity index (χ3v) is 7.39. The molecule has 13 nitrogen and oxygen atoms in total. The van der Waals surface area contributed by atoms with Gasteiger partial charge in [-0.1, -0.05) is 6.07 Å². The van der Waals surface area contributed by atoms with Gasteiger partial charge in [-0.2, -0.15) is 0 Å². The van der Waals surface area contributed by atoms with Gasteiger partial charge in [0, 0.05) is 12.1 Å². The van der Waals surface area contributed by atoms with Crippen LogP contribution in [0.5, 0.6) is 34.5 Å². The monoisotopic (exact) mass is 700 g/mol. The maximum atomic E-state index is 10.4. The smallest absolute Gasteiger partial charge is 0.129 e. The van der Waals surface area contributed by atoms with Crippen molar-refractivity contribution in [1.29, 1.82) is 0 Å². The molecule has 0 aliphatic carbocycles. The third-order valence-electron chi connectivity index (χ3n) is 7.39. The Hall–Kier alpha value is -3.82. The Bertz CT molecular complexity index is 1240. The Morgan fingerprint density at radius 2 is 0.680 bits per heavy atom. The molecule has 50 heavy (non-hydrogen) atoms. The first-order valence-electron chi connectivity index (χ1n) is 17.0. The van der Waals surface area contributed by atoms with Crippen LogP contribution in [-0.2, 0) is 48.2 Å². The summed E-state index contributed by atoms with van der Waals surface area (Å²) in [7, 11) is 0. The second kappa shape index (κ2) is 22.1. The van der Waals surface area contributed by atoms with Gasteiger partial charge in [0.25, 0.3) is 0 Å². The number of aliphatic hydroxyl groups excluding tert-OH is 1. The molecule has 0 atom stereocenters. The van der Waals surface area contributed by atoms with Crippen LogP contribution in [0, 0.1) is 0 Å². The molecule has 0 saturated heterocycles. The summed E-state index contributed by atoms with van der Waals surface area (Å²) in [5.41, 5.74) is 2.15. The second-order valence-corrected chi connectivity index (χ2v) is 11.2. The van der Waals surface area contributed by atoms with Crippen molar-refractivity contribution in [3.05, 3.63) is 71.3 Å². The van der Waals surface area contributed by atoms with E-state index in [4.69, 9.17) is 56.8 Å². The standard InChI is InChI=1S/C37H48O13/c38-26-35-36-2-1-3-37(35)50-28-30-22-33-25-34(23-30)48-19-15-44-11-7-40-5-9-42-13-17-46-32-21-29(27-49-36)20-31(24-32)45-16-12-41-8-4-39-6-10-43-14-18-47-33/h1-3,20-25,38H,4-19,26-28H2. The van der Waals surface area contributed by atoms with Crippen LogP contribution in [0.3, 0.4) is 0 Å². The maximum absolute atomic E-state index is 10.4. The van der Waals surface area contributed by atoms with Crippen molar-refractivity contribution in [2.75, 3.05) is 106 Å². The Morgan fingerprint density at radius 3 is 0.980 bits per heavy atom. The van der Waals surface area contributed by atoms with Gasteiger partial charge in [0.05, 0.1) is 91.5 Å². The first-order valence-corrected chi connectivity index (χ1v) is 17.0. The minimum Gasteiger partial charge on any atom is -0.491 e. The summed E-state index contributed by atoms with van der Waals surface area (Å²) < 4.78 is 70.4. The van der Waals surface area contributed by atoms with Crippen LogP contribution in [-0.4, -0.2) is 111 Å². The number of aliphatic hydroxyl groups is 1. The molecule has 0 radical (unpaired) electrons. The van der Waals surface area contributed by atoms with E-state index in [1.807, 2.05) is 42.5 Å². The van der Waals surface area contributed by atoms with E-state index in [1.165, 1.54) is 0 Å². The normalized spacial score (nSPS) is 18.4. The predicted molar refractivity (Wildman–Crippen MR) is 181 cm³/mol. The fourth-order valence-electron chi connectivity index (χ4n) is 5.01. The number of hydrogen-bond acceptors (Lipinski definition) is 13. The van der Waals surface area contributed by atoms with Crippen LogP contribution >= 0.6 is 0 Å². The van der Waals surface area contributed by atoms with Gasteiger partial charge in [-0.05, 0) is 47.5 Å². The minimum absolute atomic E-state index is 0.194. The Labute approximate surface area is 293 Å². The molecule has 13 heteroatoms. The van der Waals surface area contributed by atoms with Crippen molar-refractivity contribution in [3.8, 4) is 34.5 Å². The lowest BCUT2D eigenvalue weighted by atomic mass is 10.1. The summed E-state index contributed by atoms with van der Waals surface area (Å²) in [6.07, 6.45) is 0. The van der Waals surface area contributed by atoms with Crippen LogP contribution in [0.2, 0.25) is 0 Å². The van der Waals surface area contributed by atoms with Crippen LogP contribution in [0.1, 0.15) is 16.7 Å². The molecule has 0 saturated carbocycles. The third kappa shape index (κ3) is 13.5. The second-order valence-electron chi connectivity index (χ2n) is 11.2. The maximum Gasteiger partial charge on any atom is 0.129 e. The molecule has 2 aliphatic heterocycles. The van der Waals surface area contributed by atoms with Crippen molar-refractivity contribution >= 4 is 0 Å². The fraction of sp³-hybridized carbons (Fsp3) is 0.514. The number of hydrogen-bond donors (Lipinski definition) is 1. The van der Waals surface area contributed by atoms with E-state index < -0.39 is 0 Å². The molecule has 0 unspecified atom stereocenters. The molecule has 0 amide bonds. The molecule has 0 spiro atoms. The molecule has 3 aromatic carbocycles. The summed E-state index contributed by atoms with van der Waals surface area (Å²) in [5.74, 6) is 3.43. The van der Waals surface area contributed by atoms with E-state index in [2.05, 4.69) is 0 Å². The van der Waals surface area contributed by atoms with Gasteiger partial charge >= 0.3 is 0 Å². The average Bonchev–Trinajstić information content (AvgIpc) is 3.13. The highest BCUT2D eigenvalue weighted by Crippen LogP contribution is 2.32. The van der Waals surface area contributed by atoms with Gasteiger partial charge in [-0.25, -0.2) is 0 Å². The first kappa shape index (κ1) is 37.4. The van der Waals surface area contributed by atoms with Gasteiger partial charge in [0.1, 0.15) is 74.1 Å².